The Morgan fingerprint density at radius 2 is 1.63 bits per heavy atom. The molecule has 0 radical (unpaired) electrons. The number of anilines is 2. The molecule has 3 rings (SSSR count). The largest absolute Gasteiger partial charge is 0.403 e. The first kappa shape index (κ1) is 11.3. The smallest absolute Gasteiger partial charge is 0.347 e. The zero-order chi connectivity index (χ0) is 13.4. The van der Waals surface area contributed by atoms with E-state index in [1.807, 2.05) is 0 Å². The van der Waals surface area contributed by atoms with Gasteiger partial charge in [-0.05, 0) is 42.5 Å². The molecule has 0 amide bonds. The van der Waals surface area contributed by atoms with E-state index in [0.717, 1.165) is 0 Å². The van der Waals surface area contributed by atoms with Gasteiger partial charge in [-0.1, -0.05) is 0 Å². The molecule has 2 aromatic carbocycles. The number of hydrogen-bond acceptors (Lipinski definition) is 5. The summed E-state index contributed by atoms with van der Waals surface area (Å²) < 4.78 is 5.21. The molecule has 0 spiro atoms. The Balaban J connectivity index is 2.24. The lowest BCUT2D eigenvalue weighted by molar-refractivity contribution is 0.518. The first-order valence-corrected chi connectivity index (χ1v) is 5.70. The van der Waals surface area contributed by atoms with Crippen molar-refractivity contribution in [1.29, 1.82) is 0 Å². The number of nitrogens with two attached hydrogens (primary N) is 2. The maximum atomic E-state index is 11.9. The van der Waals surface area contributed by atoms with Gasteiger partial charge >= 0.3 is 5.63 Å². The van der Waals surface area contributed by atoms with E-state index in [2.05, 4.69) is 4.98 Å². The van der Waals surface area contributed by atoms with E-state index in [4.69, 9.17) is 15.9 Å². The maximum absolute atomic E-state index is 11.9. The summed E-state index contributed by atoms with van der Waals surface area (Å²) in [5.74, 6) is 0.266. The van der Waals surface area contributed by atoms with Crippen LogP contribution in [0.25, 0.3) is 22.4 Å². The van der Waals surface area contributed by atoms with Crippen molar-refractivity contribution >= 4 is 22.3 Å². The molecule has 0 bridgehead atoms. The van der Waals surface area contributed by atoms with E-state index in [1.54, 1.807) is 42.5 Å². The van der Waals surface area contributed by atoms with Gasteiger partial charge in [0.15, 0.2) is 0 Å². The van der Waals surface area contributed by atoms with Crippen LogP contribution in [-0.4, -0.2) is 4.98 Å². The second-order valence-corrected chi connectivity index (χ2v) is 4.21. The Hall–Kier alpha value is -2.82. The van der Waals surface area contributed by atoms with Gasteiger partial charge in [-0.15, -0.1) is 0 Å². The molecular formula is C14H11N3O2. The molecule has 0 saturated heterocycles. The zero-order valence-corrected chi connectivity index (χ0v) is 9.96. The highest BCUT2D eigenvalue weighted by Gasteiger charge is 2.08. The molecule has 0 saturated carbocycles. The van der Waals surface area contributed by atoms with Gasteiger partial charge in [0.25, 0.3) is 0 Å². The van der Waals surface area contributed by atoms with E-state index in [0.29, 0.717) is 27.8 Å². The predicted molar refractivity (Wildman–Crippen MR) is 74.5 cm³/mol. The van der Waals surface area contributed by atoms with Gasteiger partial charge in [-0.2, -0.15) is 0 Å². The van der Waals surface area contributed by atoms with Gasteiger partial charge in [-0.3, -0.25) is 0 Å². The number of aromatic nitrogens is 1. The molecule has 0 aliphatic rings. The Morgan fingerprint density at radius 1 is 0.947 bits per heavy atom. The summed E-state index contributed by atoms with van der Waals surface area (Å²) in [5, 5.41) is 0.374. The Kier molecular flexibility index (Phi) is 2.45. The lowest BCUT2D eigenvalue weighted by atomic mass is 10.2. The Bertz CT molecular complexity index is 807. The van der Waals surface area contributed by atoms with E-state index < -0.39 is 5.63 Å². The van der Waals surface area contributed by atoms with Crippen LogP contribution in [0.4, 0.5) is 11.4 Å². The minimum Gasteiger partial charge on any atom is -0.403 e. The van der Waals surface area contributed by atoms with Crippen LogP contribution in [0, 0.1) is 0 Å². The van der Waals surface area contributed by atoms with Gasteiger partial charge in [0.05, 0.1) is 10.9 Å². The molecule has 3 aromatic rings. The third-order valence-corrected chi connectivity index (χ3v) is 2.81. The van der Waals surface area contributed by atoms with E-state index >= 15 is 0 Å². The van der Waals surface area contributed by atoms with Crippen LogP contribution >= 0.6 is 0 Å². The molecule has 0 unspecified atom stereocenters. The van der Waals surface area contributed by atoms with Crippen LogP contribution in [0.15, 0.2) is 51.7 Å². The molecule has 19 heavy (non-hydrogen) atoms. The maximum Gasteiger partial charge on any atom is 0.347 e. The van der Waals surface area contributed by atoms with E-state index in [-0.39, 0.29) is 5.89 Å². The minimum atomic E-state index is -0.455. The zero-order valence-electron chi connectivity index (χ0n) is 9.96. The molecule has 0 atom stereocenters. The average Bonchev–Trinajstić information content (AvgIpc) is 2.40. The summed E-state index contributed by atoms with van der Waals surface area (Å²) in [6.07, 6.45) is 0. The molecular weight excluding hydrogens is 242 g/mol. The highest BCUT2D eigenvalue weighted by Crippen LogP contribution is 2.20. The number of fused-ring (bicyclic) bond motifs is 1. The van der Waals surface area contributed by atoms with Gasteiger partial charge in [0, 0.05) is 16.9 Å². The molecule has 4 N–H and O–H groups in total. The average molecular weight is 253 g/mol. The number of nitrogens with zero attached hydrogens (tertiary/aromatic N) is 1. The topological polar surface area (TPSA) is 95.1 Å². The quantitative estimate of drug-likeness (QED) is 0.647. The molecule has 1 aromatic heterocycles. The van der Waals surface area contributed by atoms with Crippen LogP contribution in [-0.2, 0) is 0 Å². The lowest BCUT2D eigenvalue weighted by Crippen LogP contribution is -2.03. The molecule has 5 heteroatoms. The minimum absolute atomic E-state index is 0.266. The van der Waals surface area contributed by atoms with Crippen LogP contribution in [0.2, 0.25) is 0 Å². The van der Waals surface area contributed by atoms with Crippen LogP contribution in [0.3, 0.4) is 0 Å². The number of benzene rings is 2. The lowest BCUT2D eigenvalue weighted by Gasteiger charge is -2.02. The van der Waals surface area contributed by atoms with Gasteiger partial charge in [0.1, 0.15) is 0 Å². The predicted octanol–water partition coefficient (Wildman–Crippen LogP) is 2.02. The molecule has 0 aliphatic heterocycles. The molecule has 5 nitrogen and oxygen atoms in total. The second kappa shape index (κ2) is 4.13. The fourth-order valence-electron chi connectivity index (χ4n) is 1.84. The Labute approximate surface area is 108 Å². The van der Waals surface area contributed by atoms with Crippen LogP contribution in [0.5, 0.6) is 0 Å². The second-order valence-electron chi connectivity index (χ2n) is 4.21. The highest BCUT2D eigenvalue weighted by molar-refractivity contribution is 5.81. The van der Waals surface area contributed by atoms with Crippen molar-refractivity contribution in [3.05, 3.63) is 52.9 Å². The van der Waals surface area contributed by atoms with Crippen molar-refractivity contribution in [1.82, 2.24) is 4.98 Å². The summed E-state index contributed by atoms with van der Waals surface area (Å²) in [6.45, 7) is 0. The monoisotopic (exact) mass is 253 g/mol. The molecule has 0 aliphatic carbocycles. The van der Waals surface area contributed by atoms with Gasteiger partial charge in [0.2, 0.25) is 5.89 Å². The van der Waals surface area contributed by atoms with E-state index in [1.165, 1.54) is 0 Å². The third-order valence-electron chi connectivity index (χ3n) is 2.81. The first-order valence-electron chi connectivity index (χ1n) is 5.70. The highest BCUT2D eigenvalue weighted by atomic mass is 16.4. The van der Waals surface area contributed by atoms with Gasteiger partial charge in [-0.25, -0.2) is 9.78 Å². The number of nitrogen functional groups attached to an aromatic ring is 2. The van der Waals surface area contributed by atoms with Crippen molar-refractivity contribution in [2.45, 2.75) is 0 Å². The standard InChI is InChI=1S/C14H11N3O2/c15-9-3-1-8(2-4-9)13-17-12-6-5-10(16)7-11(12)14(18)19-13/h1-7H,15-16H2. The third kappa shape index (κ3) is 2.01. The SMILES string of the molecule is Nc1ccc(-c2nc3ccc(N)cc3c(=O)o2)cc1. The van der Waals surface area contributed by atoms with Crippen molar-refractivity contribution in [3.63, 3.8) is 0 Å². The normalized spacial score (nSPS) is 10.7. The summed E-state index contributed by atoms with van der Waals surface area (Å²) in [5.41, 5.74) is 13.2. The molecule has 94 valence electrons. The van der Waals surface area contributed by atoms with E-state index in [9.17, 15) is 4.79 Å². The summed E-state index contributed by atoms with van der Waals surface area (Å²) in [7, 11) is 0. The molecule has 0 fully saturated rings. The number of hydrogen-bond donors (Lipinski definition) is 2. The van der Waals surface area contributed by atoms with Crippen LogP contribution in [0.1, 0.15) is 0 Å². The Morgan fingerprint density at radius 3 is 2.37 bits per heavy atom. The summed E-state index contributed by atoms with van der Waals surface area (Å²) in [4.78, 5) is 16.2. The first-order chi connectivity index (χ1) is 9.13. The van der Waals surface area contributed by atoms with Gasteiger partial charge < -0.3 is 15.9 Å². The van der Waals surface area contributed by atoms with Crippen molar-refractivity contribution < 1.29 is 4.42 Å². The fourth-order valence-corrected chi connectivity index (χ4v) is 1.84. The van der Waals surface area contributed by atoms with Crippen molar-refractivity contribution in [2.24, 2.45) is 0 Å². The molecule has 1 heterocycles. The van der Waals surface area contributed by atoms with Crippen LogP contribution < -0.4 is 17.1 Å². The summed E-state index contributed by atoms with van der Waals surface area (Å²) in [6, 6.07) is 11.9. The van der Waals surface area contributed by atoms with Crippen molar-refractivity contribution in [2.75, 3.05) is 11.5 Å². The van der Waals surface area contributed by atoms with Crippen molar-refractivity contribution in [3.8, 4) is 11.5 Å². The number of rotatable bonds is 1. The fraction of sp³-hybridized carbons (Fsp3) is 0. The summed E-state index contributed by atoms with van der Waals surface area (Å²) >= 11 is 0.